The lowest BCUT2D eigenvalue weighted by Crippen LogP contribution is -2.32. The van der Waals surface area contributed by atoms with E-state index in [1.165, 1.54) is 36.5 Å². The molecular weight excluding hydrogens is 515 g/mol. The number of benzene rings is 2. The van der Waals surface area contributed by atoms with Gasteiger partial charge in [0.2, 0.25) is 5.88 Å². The molecular formula is C25H17ClF3N3O5. The average molecular weight is 532 g/mol. The molecule has 0 saturated carbocycles. The van der Waals surface area contributed by atoms with E-state index >= 15 is 0 Å². The minimum absolute atomic E-state index is 0.0656. The number of carbonyl (C=O) groups is 2. The summed E-state index contributed by atoms with van der Waals surface area (Å²) in [5, 5.41) is 22.9. The number of hydrogen-bond donors (Lipinski definition) is 3. The maximum atomic E-state index is 13.2. The predicted octanol–water partition coefficient (Wildman–Crippen LogP) is 5.90. The molecule has 1 atom stereocenters. The number of fused-ring (bicyclic) bond motifs is 1. The number of nitrogens with zero attached hydrogens (tertiary/aromatic N) is 2. The molecule has 2 heterocycles. The number of nitrogens with one attached hydrogen (secondary N) is 1. The van der Waals surface area contributed by atoms with Crippen LogP contribution in [0.3, 0.4) is 0 Å². The van der Waals surface area contributed by atoms with Crippen molar-refractivity contribution in [2.45, 2.75) is 18.6 Å². The zero-order chi connectivity index (χ0) is 26.7. The van der Waals surface area contributed by atoms with Crippen LogP contribution >= 0.6 is 11.6 Å². The normalized spacial score (nSPS) is 12.2. The molecule has 0 aliphatic rings. The second-order valence-electron chi connectivity index (χ2n) is 7.87. The molecule has 0 fully saturated rings. The van der Waals surface area contributed by atoms with Crippen molar-refractivity contribution < 1.29 is 37.7 Å². The average Bonchev–Trinajstić information content (AvgIpc) is 2.84. The van der Waals surface area contributed by atoms with Gasteiger partial charge in [-0.25, -0.2) is 19.6 Å². The highest BCUT2D eigenvalue weighted by Crippen LogP contribution is 2.36. The van der Waals surface area contributed by atoms with E-state index < -0.39 is 35.6 Å². The minimum Gasteiger partial charge on any atom is -0.480 e. The third kappa shape index (κ3) is 6.07. The Morgan fingerprint density at radius 3 is 2.43 bits per heavy atom. The Morgan fingerprint density at radius 2 is 1.78 bits per heavy atom. The molecule has 4 aromatic rings. The van der Waals surface area contributed by atoms with Crippen LogP contribution in [0.2, 0.25) is 5.02 Å². The zero-order valence-electron chi connectivity index (χ0n) is 18.7. The first-order chi connectivity index (χ1) is 17.5. The van der Waals surface area contributed by atoms with Gasteiger partial charge in [0, 0.05) is 23.0 Å². The van der Waals surface area contributed by atoms with E-state index in [1.54, 1.807) is 18.2 Å². The molecule has 0 saturated heterocycles. The van der Waals surface area contributed by atoms with Gasteiger partial charge in [-0.15, -0.1) is 0 Å². The van der Waals surface area contributed by atoms with Gasteiger partial charge in [-0.2, -0.15) is 13.2 Å². The quantitative estimate of drug-likeness (QED) is 0.257. The highest BCUT2D eigenvalue weighted by atomic mass is 35.5. The van der Waals surface area contributed by atoms with Gasteiger partial charge in [-0.1, -0.05) is 23.7 Å². The molecule has 2 aromatic heterocycles. The van der Waals surface area contributed by atoms with Crippen molar-refractivity contribution in [1.29, 1.82) is 0 Å². The van der Waals surface area contributed by atoms with E-state index in [0.29, 0.717) is 21.5 Å². The van der Waals surface area contributed by atoms with Gasteiger partial charge in [-0.3, -0.25) is 0 Å². The molecule has 0 aliphatic carbocycles. The van der Waals surface area contributed by atoms with Crippen molar-refractivity contribution in [3.8, 4) is 11.6 Å². The monoisotopic (exact) mass is 531 g/mol. The molecule has 4 rings (SSSR count). The van der Waals surface area contributed by atoms with Gasteiger partial charge >= 0.3 is 18.1 Å². The van der Waals surface area contributed by atoms with Crippen LogP contribution in [0.4, 0.5) is 19.0 Å². The summed E-state index contributed by atoms with van der Waals surface area (Å²) in [6, 6.07) is 12.5. The molecule has 12 heteroatoms. The first kappa shape index (κ1) is 25.7. The van der Waals surface area contributed by atoms with Gasteiger partial charge in [-0.05, 0) is 54.1 Å². The maximum absolute atomic E-state index is 13.2. The lowest BCUT2D eigenvalue weighted by atomic mass is 10.0. The van der Waals surface area contributed by atoms with Gasteiger partial charge in [0.15, 0.2) is 0 Å². The number of aliphatic carboxylic acids is 1. The molecule has 0 unspecified atom stereocenters. The van der Waals surface area contributed by atoms with Crippen LogP contribution in [0, 0.1) is 0 Å². The second-order valence-corrected chi connectivity index (χ2v) is 8.30. The smallest absolute Gasteiger partial charge is 0.421 e. The van der Waals surface area contributed by atoms with E-state index in [2.05, 4.69) is 15.3 Å². The highest BCUT2D eigenvalue weighted by molar-refractivity contribution is 6.31. The number of alkyl halides is 3. The molecule has 0 aliphatic heterocycles. The fraction of sp³-hybridized carbons (Fsp3) is 0.120. The number of aromatic nitrogens is 2. The maximum Gasteiger partial charge on any atom is 0.421 e. The minimum atomic E-state index is -4.65. The number of carboxylic acid groups (broad SMARTS) is 2. The molecule has 3 N–H and O–H groups in total. The van der Waals surface area contributed by atoms with Gasteiger partial charge < -0.3 is 20.3 Å². The van der Waals surface area contributed by atoms with Crippen LogP contribution in [0.1, 0.15) is 21.5 Å². The molecule has 0 bridgehead atoms. The fourth-order valence-electron chi connectivity index (χ4n) is 3.51. The lowest BCUT2D eigenvalue weighted by molar-refractivity contribution is -0.139. The SMILES string of the molecule is O=C(O)c1cc2cc(Cl)ccc2nc1N[C@@H](Cc1ccc(Oc2ncccc2C(F)(F)F)cc1)C(=O)O. The van der Waals surface area contributed by atoms with Crippen LogP contribution in [0.5, 0.6) is 11.6 Å². The Bertz CT molecular complexity index is 1480. The summed E-state index contributed by atoms with van der Waals surface area (Å²) in [5.74, 6) is -3.26. The van der Waals surface area contributed by atoms with Crippen LogP contribution < -0.4 is 10.1 Å². The third-order valence-corrected chi connectivity index (χ3v) is 5.51. The number of ether oxygens (including phenoxy) is 1. The first-order valence-corrected chi connectivity index (χ1v) is 11.0. The number of hydrogen-bond acceptors (Lipinski definition) is 6. The molecule has 2 aromatic carbocycles. The molecule has 0 radical (unpaired) electrons. The molecule has 0 amide bonds. The number of aromatic carboxylic acids is 1. The molecule has 8 nitrogen and oxygen atoms in total. The Morgan fingerprint density at radius 1 is 1.05 bits per heavy atom. The summed E-state index contributed by atoms with van der Waals surface area (Å²) in [6.45, 7) is 0. The number of anilines is 1. The van der Waals surface area contributed by atoms with Crippen molar-refractivity contribution in [2.24, 2.45) is 0 Å². The topological polar surface area (TPSA) is 122 Å². The summed E-state index contributed by atoms with van der Waals surface area (Å²) in [6.07, 6.45) is -3.57. The second kappa shape index (κ2) is 10.3. The number of halogens is 4. The number of rotatable bonds is 8. The standard InChI is InChI=1S/C25H17ClF3N3O5/c26-15-5-8-19-14(11-15)12-17(23(33)34)21(31-19)32-20(24(35)36)10-13-3-6-16(7-4-13)37-22-18(25(27,28)29)2-1-9-30-22/h1-9,11-12,20H,10H2,(H,31,32)(H,33,34)(H,35,36)/t20-/m0/s1. The Kier molecular flexibility index (Phi) is 7.16. The highest BCUT2D eigenvalue weighted by Gasteiger charge is 2.35. The van der Waals surface area contributed by atoms with Crippen molar-refractivity contribution in [3.63, 3.8) is 0 Å². The van der Waals surface area contributed by atoms with E-state index in [9.17, 15) is 33.0 Å². The van der Waals surface area contributed by atoms with Crippen LogP contribution in [0.15, 0.2) is 66.9 Å². The zero-order valence-corrected chi connectivity index (χ0v) is 19.4. The summed E-state index contributed by atoms with van der Waals surface area (Å²) in [4.78, 5) is 31.6. The van der Waals surface area contributed by atoms with Crippen molar-refractivity contribution in [1.82, 2.24) is 9.97 Å². The van der Waals surface area contributed by atoms with E-state index in [4.69, 9.17) is 16.3 Å². The molecule has 0 spiro atoms. The van der Waals surface area contributed by atoms with Crippen molar-refractivity contribution >= 4 is 40.3 Å². The summed E-state index contributed by atoms with van der Waals surface area (Å²) < 4.78 is 44.8. The molecule has 190 valence electrons. The number of pyridine rings is 2. The fourth-order valence-corrected chi connectivity index (χ4v) is 3.69. The number of carboxylic acids is 2. The van der Waals surface area contributed by atoms with Gasteiger partial charge in [0.25, 0.3) is 0 Å². The Hall–Kier alpha value is -4.38. The third-order valence-electron chi connectivity index (χ3n) is 5.27. The van der Waals surface area contributed by atoms with Crippen molar-refractivity contribution in [3.05, 3.63) is 88.6 Å². The Labute approximate surface area is 212 Å². The molecule has 37 heavy (non-hydrogen) atoms. The Balaban J connectivity index is 1.55. The van der Waals surface area contributed by atoms with Crippen molar-refractivity contribution in [2.75, 3.05) is 5.32 Å². The first-order valence-electron chi connectivity index (χ1n) is 10.6. The lowest BCUT2D eigenvalue weighted by Gasteiger charge is -2.18. The van der Waals surface area contributed by atoms with E-state index in [-0.39, 0.29) is 23.6 Å². The van der Waals surface area contributed by atoms with Gasteiger partial charge in [0.1, 0.15) is 28.7 Å². The summed E-state index contributed by atoms with van der Waals surface area (Å²) in [5.41, 5.74) is -0.363. The summed E-state index contributed by atoms with van der Waals surface area (Å²) >= 11 is 5.96. The predicted molar refractivity (Wildman–Crippen MR) is 128 cm³/mol. The largest absolute Gasteiger partial charge is 0.480 e. The van der Waals surface area contributed by atoms with E-state index in [0.717, 1.165) is 12.1 Å². The van der Waals surface area contributed by atoms with Crippen LogP contribution in [0.25, 0.3) is 10.9 Å². The van der Waals surface area contributed by atoms with Crippen LogP contribution in [-0.4, -0.2) is 38.2 Å². The van der Waals surface area contributed by atoms with E-state index in [1.807, 2.05) is 0 Å². The van der Waals surface area contributed by atoms with Gasteiger partial charge in [0.05, 0.1) is 5.52 Å². The van der Waals surface area contributed by atoms with Crippen LogP contribution in [-0.2, 0) is 17.4 Å². The summed E-state index contributed by atoms with van der Waals surface area (Å²) in [7, 11) is 0.